The van der Waals surface area contributed by atoms with E-state index in [1.54, 1.807) is 12.4 Å². The van der Waals surface area contributed by atoms with Gasteiger partial charge in [-0.3, -0.25) is 14.7 Å². The zero-order chi connectivity index (χ0) is 33.7. The van der Waals surface area contributed by atoms with Crippen LogP contribution in [0.2, 0.25) is 18.1 Å². The van der Waals surface area contributed by atoms with E-state index in [4.69, 9.17) is 9.16 Å². The molecule has 0 spiro atoms. The lowest BCUT2D eigenvalue weighted by Gasteiger charge is -2.43. The molecule has 1 saturated heterocycles. The molecule has 248 valence electrons. The maximum Gasteiger partial charge on any atom is 0.410 e. The minimum Gasteiger partial charge on any atom is -0.444 e. The molecule has 1 aliphatic heterocycles. The maximum atomic E-state index is 14.0. The molecule has 46 heavy (non-hydrogen) atoms. The van der Waals surface area contributed by atoms with Crippen LogP contribution in [0.15, 0.2) is 79.1 Å². The molecular weight excluding hydrogens is 591 g/mol. The minimum absolute atomic E-state index is 0.0114. The second-order valence-corrected chi connectivity index (χ2v) is 19.7. The Morgan fingerprint density at radius 3 is 2.17 bits per heavy atom. The van der Waals surface area contributed by atoms with Gasteiger partial charge in [-0.05, 0) is 100.0 Å². The monoisotopic (exact) mass is 643 g/mol. The van der Waals surface area contributed by atoms with Crippen molar-refractivity contribution in [2.45, 2.75) is 116 Å². The van der Waals surface area contributed by atoms with Gasteiger partial charge in [0.2, 0.25) is 0 Å². The largest absolute Gasteiger partial charge is 0.444 e. The van der Waals surface area contributed by atoms with Crippen molar-refractivity contribution in [3.63, 3.8) is 0 Å². The second-order valence-electron chi connectivity index (χ2n) is 15.0. The van der Waals surface area contributed by atoms with Crippen LogP contribution in [0.5, 0.6) is 0 Å². The Hall–Kier alpha value is -3.49. The molecular formula is C38H53N3O4Si. The standard InChI is InChI=1S/C38H53N3O4Si/c1-10-40(27-29-15-14-24-39-26-29)35(42)31-20-18-28(19-21-31)25-32-22-23-33(41(32)36(43)44-37(2,3)4)34(30-16-12-11-13-17-30)45-46(8,9)38(5,6)7/h11-21,24,26,32-34H,10,22-23,25,27H2,1-9H3. The molecule has 3 atom stereocenters. The molecule has 0 bridgehead atoms. The van der Waals surface area contributed by atoms with Gasteiger partial charge in [0.1, 0.15) is 5.60 Å². The summed E-state index contributed by atoms with van der Waals surface area (Å²) in [6.45, 7) is 20.1. The normalized spacial score (nSPS) is 17.9. The summed E-state index contributed by atoms with van der Waals surface area (Å²) in [7, 11) is -2.20. The molecule has 1 fully saturated rings. The van der Waals surface area contributed by atoms with Crippen LogP contribution in [0.25, 0.3) is 0 Å². The van der Waals surface area contributed by atoms with Gasteiger partial charge in [0.25, 0.3) is 5.91 Å². The summed E-state index contributed by atoms with van der Waals surface area (Å²) in [5.74, 6) is -0.0114. The summed E-state index contributed by atoms with van der Waals surface area (Å²) in [6.07, 6.45) is 5.28. The fraction of sp³-hybridized carbons (Fsp3) is 0.500. The van der Waals surface area contributed by atoms with Gasteiger partial charge in [-0.25, -0.2) is 4.79 Å². The Morgan fingerprint density at radius 2 is 1.61 bits per heavy atom. The Balaban J connectivity index is 1.59. The van der Waals surface area contributed by atoms with Gasteiger partial charge >= 0.3 is 6.09 Å². The first kappa shape index (κ1) is 35.4. The van der Waals surface area contributed by atoms with E-state index in [1.165, 1.54) is 0 Å². The van der Waals surface area contributed by atoms with Gasteiger partial charge < -0.3 is 14.1 Å². The van der Waals surface area contributed by atoms with Crippen molar-refractivity contribution in [3.05, 3.63) is 101 Å². The summed E-state index contributed by atoms with van der Waals surface area (Å²) < 4.78 is 13.2. The number of carbonyl (C=O) groups is 2. The molecule has 7 nitrogen and oxygen atoms in total. The average Bonchev–Trinajstić information content (AvgIpc) is 3.41. The van der Waals surface area contributed by atoms with Crippen molar-refractivity contribution >= 4 is 20.3 Å². The summed E-state index contributed by atoms with van der Waals surface area (Å²) in [5, 5.41) is 0.0132. The number of ether oxygens (including phenoxy) is 1. The smallest absolute Gasteiger partial charge is 0.410 e. The summed E-state index contributed by atoms with van der Waals surface area (Å²) in [5.41, 5.74) is 3.18. The predicted octanol–water partition coefficient (Wildman–Crippen LogP) is 8.82. The van der Waals surface area contributed by atoms with E-state index >= 15 is 0 Å². The van der Waals surface area contributed by atoms with Crippen LogP contribution >= 0.6 is 0 Å². The van der Waals surface area contributed by atoms with E-state index in [2.05, 4.69) is 51.0 Å². The molecule has 3 unspecified atom stereocenters. The van der Waals surface area contributed by atoms with E-state index in [9.17, 15) is 9.59 Å². The second kappa shape index (κ2) is 14.5. The molecule has 2 amide bonds. The van der Waals surface area contributed by atoms with Gasteiger partial charge in [-0.2, -0.15) is 0 Å². The fourth-order valence-electron chi connectivity index (χ4n) is 5.79. The van der Waals surface area contributed by atoms with E-state index < -0.39 is 13.9 Å². The summed E-state index contributed by atoms with van der Waals surface area (Å²) >= 11 is 0. The zero-order valence-electron chi connectivity index (χ0n) is 29.2. The number of amides is 2. The first-order valence-corrected chi connectivity index (χ1v) is 19.5. The quantitative estimate of drug-likeness (QED) is 0.207. The molecule has 1 aliphatic rings. The van der Waals surface area contributed by atoms with E-state index in [0.717, 1.165) is 29.5 Å². The van der Waals surface area contributed by atoms with Crippen LogP contribution < -0.4 is 0 Å². The fourth-order valence-corrected chi connectivity index (χ4v) is 7.07. The predicted molar refractivity (Wildman–Crippen MR) is 187 cm³/mol. The highest BCUT2D eigenvalue weighted by Crippen LogP contribution is 2.44. The molecule has 8 heteroatoms. The highest BCUT2D eigenvalue weighted by atomic mass is 28.4. The van der Waals surface area contributed by atoms with Gasteiger partial charge in [0.15, 0.2) is 8.32 Å². The van der Waals surface area contributed by atoms with Crippen molar-refractivity contribution in [1.82, 2.24) is 14.8 Å². The van der Waals surface area contributed by atoms with Crippen LogP contribution in [-0.4, -0.2) is 59.3 Å². The van der Waals surface area contributed by atoms with Crippen LogP contribution in [0, 0.1) is 0 Å². The SMILES string of the molecule is CCN(Cc1cccnc1)C(=O)c1ccc(CC2CCC(C(O[Si](C)(C)C(C)(C)C)c3ccccc3)N2C(=O)OC(C)(C)C)cc1. The van der Waals surface area contributed by atoms with Crippen molar-refractivity contribution in [2.24, 2.45) is 0 Å². The lowest BCUT2D eigenvalue weighted by Crippen LogP contribution is -2.50. The third-order valence-electron chi connectivity index (χ3n) is 9.29. The van der Waals surface area contributed by atoms with Crippen molar-refractivity contribution in [3.8, 4) is 0 Å². The van der Waals surface area contributed by atoms with E-state index in [1.807, 2.05) is 92.1 Å². The minimum atomic E-state index is -2.20. The number of nitrogens with zero attached hydrogens (tertiary/aromatic N) is 3. The molecule has 2 aromatic carbocycles. The Kier molecular flexibility index (Phi) is 11.2. The van der Waals surface area contributed by atoms with Crippen LogP contribution in [0.1, 0.15) is 94.5 Å². The average molecular weight is 644 g/mol. The third kappa shape index (κ3) is 8.85. The number of carbonyl (C=O) groups excluding carboxylic acids is 2. The van der Waals surface area contributed by atoms with E-state index in [-0.39, 0.29) is 35.2 Å². The van der Waals surface area contributed by atoms with E-state index in [0.29, 0.717) is 25.1 Å². The van der Waals surface area contributed by atoms with Gasteiger partial charge in [-0.15, -0.1) is 0 Å². The number of hydrogen-bond donors (Lipinski definition) is 0. The Morgan fingerprint density at radius 1 is 0.935 bits per heavy atom. The van der Waals surface area contributed by atoms with Gasteiger partial charge in [0.05, 0.1) is 12.1 Å². The summed E-state index contributed by atoms with van der Waals surface area (Å²) in [4.78, 5) is 35.3. The third-order valence-corrected chi connectivity index (χ3v) is 13.7. The number of pyridine rings is 1. The molecule has 0 aliphatic carbocycles. The zero-order valence-corrected chi connectivity index (χ0v) is 30.2. The number of likely N-dealkylation sites (tertiary alicyclic amines) is 1. The van der Waals surface area contributed by atoms with Crippen LogP contribution in [-0.2, 0) is 22.1 Å². The highest BCUT2D eigenvalue weighted by molar-refractivity contribution is 6.74. The number of rotatable bonds is 10. The molecule has 0 saturated carbocycles. The highest BCUT2D eigenvalue weighted by Gasteiger charge is 2.47. The topological polar surface area (TPSA) is 72.0 Å². The van der Waals surface area contributed by atoms with Gasteiger partial charge in [0, 0.05) is 37.1 Å². The summed E-state index contributed by atoms with van der Waals surface area (Å²) in [6, 6.07) is 21.8. The van der Waals surface area contributed by atoms with Crippen molar-refractivity contribution in [2.75, 3.05) is 6.54 Å². The lowest BCUT2D eigenvalue weighted by atomic mass is 10.0. The van der Waals surface area contributed by atoms with Crippen LogP contribution in [0.3, 0.4) is 0 Å². The van der Waals surface area contributed by atoms with Crippen molar-refractivity contribution < 1.29 is 18.8 Å². The molecule has 3 aromatic rings. The number of aromatic nitrogens is 1. The maximum absolute atomic E-state index is 14.0. The molecule has 2 heterocycles. The molecule has 0 N–H and O–H groups in total. The first-order chi connectivity index (χ1) is 21.6. The Bertz CT molecular complexity index is 1430. The Labute approximate surface area is 277 Å². The lowest BCUT2D eigenvalue weighted by molar-refractivity contribution is -0.00239. The molecule has 0 radical (unpaired) electrons. The van der Waals surface area contributed by atoms with Crippen molar-refractivity contribution in [1.29, 1.82) is 0 Å². The molecule has 1 aromatic heterocycles. The first-order valence-electron chi connectivity index (χ1n) is 16.6. The number of hydrogen-bond acceptors (Lipinski definition) is 5. The molecule has 4 rings (SSSR count). The number of benzene rings is 2. The van der Waals surface area contributed by atoms with Gasteiger partial charge in [-0.1, -0.05) is 69.3 Å². The van der Waals surface area contributed by atoms with Crippen LogP contribution in [0.4, 0.5) is 4.79 Å².